The van der Waals surface area contributed by atoms with Gasteiger partial charge in [-0.1, -0.05) is 66.2 Å². The summed E-state index contributed by atoms with van der Waals surface area (Å²) >= 11 is 5.52. The van der Waals surface area contributed by atoms with Crippen molar-refractivity contribution < 1.29 is 28.2 Å². The molecule has 0 aromatic heterocycles. The van der Waals surface area contributed by atoms with E-state index in [1.54, 1.807) is 0 Å². The minimum Gasteiger partial charge on any atom is -0.479 e. The van der Waals surface area contributed by atoms with E-state index in [0.29, 0.717) is 0 Å². The summed E-state index contributed by atoms with van der Waals surface area (Å²) in [5.41, 5.74) is 3.58. The molecule has 8 heteroatoms. The van der Waals surface area contributed by atoms with Gasteiger partial charge in [0.2, 0.25) is 0 Å². The van der Waals surface area contributed by atoms with Gasteiger partial charge in [0.1, 0.15) is 17.4 Å². The average Bonchev–Trinajstić information content (AvgIpc) is 3.09. The third-order valence-corrected chi connectivity index (χ3v) is 5.58. The van der Waals surface area contributed by atoms with Gasteiger partial charge in [-0.05, 0) is 28.3 Å². The number of carbonyl (C=O) groups excluding carboxylic acids is 1. The molecule has 0 spiro atoms. The summed E-state index contributed by atoms with van der Waals surface area (Å²) in [6.45, 7) is -0.0428. The molecule has 3 aromatic carbocycles. The summed E-state index contributed by atoms with van der Waals surface area (Å²) in [4.78, 5) is 23.9. The number of rotatable bonds is 5. The zero-order valence-corrected chi connectivity index (χ0v) is 16.7. The standard InChI is InChI=1S/C23H16ClF2NO4/c24-19-18(25)10-9-16(20(19)26)21(22(28)29)27-23(30)31-11-17-14-7-3-1-5-12(14)13-6-2-4-8-15(13)17/h1-10,17,21H,11H2,(H,27,30)(H,28,29). The van der Waals surface area contributed by atoms with Crippen LogP contribution in [0, 0.1) is 11.6 Å². The Morgan fingerprint density at radius 1 is 1.00 bits per heavy atom. The molecule has 1 aliphatic rings. The number of ether oxygens (including phenoxy) is 1. The van der Waals surface area contributed by atoms with Crippen LogP contribution in [-0.2, 0) is 9.53 Å². The van der Waals surface area contributed by atoms with E-state index in [2.05, 4.69) is 5.32 Å². The molecule has 2 N–H and O–H groups in total. The van der Waals surface area contributed by atoms with E-state index < -0.39 is 40.3 Å². The number of fused-ring (bicyclic) bond motifs is 3. The molecule has 31 heavy (non-hydrogen) atoms. The van der Waals surface area contributed by atoms with Gasteiger partial charge in [0, 0.05) is 11.5 Å². The minimum atomic E-state index is -1.80. The molecule has 1 aliphatic carbocycles. The highest BCUT2D eigenvalue weighted by atomic mass is 35.5. The van der Waals surface area contributed by atoms with Crippen LogP contribution in [-0.4, -0.2) is 23.8 Å². The Labute approximate surface area is 181 Å². The number of nitrogens with one attached hydrogen (secondary N) is 1. The number of alkyl carbamates (subject to hydrolysis) is 1. The maximum absolute atomic E-state index is 14.3. The molecule has 0 saturated carbocycles. The minimum absolute atomic E-state index is 0.0428. The first-order chi connectivity index (χ1) is 14.9. The molecular weight excluding hydrogens is 428 g/mol. The maximum atomic E-state index is 14.3. The fourth-order valence-electron chi connectivity index (χ4n) is 3.79. The lowest BCUT2D eigenvalue weighted by Crippen LogP contribution is -2.35. The molecule has 0 bridgehead atoms. The molecule has 0 heterocycles. The van der Waals surface area contributed by atoms with Crippen LogP contribution in [0.15, 0.2) is 60.7 Å². The number of hydrogen-bond donors (Lipinski definition) is 2. The first kappa shape index (κ1) is 20.8. The fraction of sp³-hybridized carbons (Fsp3) is 0.130. The van der Waals surface area contributed by atoms with Crippen LogP contribution >= 0.6 is 11.6 Å². The number of amides is 1. The Kier molecular flexibility index (Phi) is 5.61. The number of carboxylic acids is 1. The second kappa shape index (κ2) is 8.35. The summed E-state index contributed by atoms with van der Waals surface area (Å²) in [7, 11) is 0. The summed E-state index contributed by atoms with van der Waals surface area (Å²) in [6.07, 6.45) is -1.05. The van der Waals surface area contributed by atoms with Crippen molar-refractivity contribution >= 4 is 23.7 Å². The predicted octanol–water partition coefficient (Wildman–Crippen LogP) is 5.28. The Bertz CT molecular complexity index is 1140. The summed E-state index contributed by atoms with van der Waals surface area (Å²) in [5, 5.41) is 10.7. The van der Waals surface area contributed by atoms with Crippen LogP contribution in [0.1, 0.15) is 28.7 Å². The maximum Gasteiger partial charge on any atom is 0.408 e. The highest BCUT2D eigenvalue weighted by Crippen LogP contribution is 2.44. The zero-order chi connectivity index (χ0) is 22.1. The SMILES string of the molecule is O=C(NC(C(=O)O)c1ccc(F)c(Cl)c1F)OCC1c2ccccc2-c2ccccc21. The third-order valence-electron chi connectivity index (χ3n) is 5.23. The van der Waals surface area contributed by atoms with Crippen molar-refractivity contribution in [3.05, 3.63) is 94.0 Å². The van der Waals surface area contributed by atoms with Gasteiger partial charge < -0.3 is 15.2 Å². The summed E-state index contributed by atoms with van der Waals surface area (Å²) < 4.78 is 32.9. The van der Waals surface area contributed by atoms with E-state index in [9.17, 15) is 23.5 Å². The first-order valence-corrected chi connectivity index (χ1v) is 9.74. The van der Waals surface area contributed by atoms with Crippen molar-refractivity contribution in [1.29, 1.82) is 0 Å². The lowest BCUT2D eigenvalue weighted by molar-refractivity contribution is -0.139. The second-order valence-corrected chi connectivity index (χ2v) is 7.38. The normalized spacial score (nSPS) is 13.3. The van der Waals surface area contributed by atoms with Crippen molar-refractivity contribution in [2.45, 2.75) is 12.0 Å². The fourth-order valence-corrected chi connectivity index (χ4v) is 3.97. The molecular formula is C23H16ClF2NO4. The highest BCUT2D eigenvalue weighted by Gasteiger charge is 2.31. The Morgan fingerprint density at radius 3 is 2.16 bits per heavy atom. The van der Waals surface area contributed by atoms with Crippen molar-refractivity contribution in [1.82, 2.24) is 5.32 Å². The zero-order valence-electron chi connectivity index (χ0n) is 15.9. The molecule has 0 aliphatic heterocycles. The van der Waals surface area contributed by atoms with E-state index in [4.69, 9.17) is 16.3 Å². The molecule has 0 fully saturated rings. The van der Waals surface area contributed by atoms with Crippen LogP contribution in [0.5, 0.6) is 0 Å². The second-order valence-electron chi connectivity index (χ2n) is 7.01. The third kappa shape index (κ3) is 3.84. The largest absolute Gasteiger partial charge is 0.479 e. The van der Waals surface area contributed by atoms with E-state index in [-0.39, 0.29) is 12.5 Å². The topological polar surface area (TPSA) is 75.6 Å². The van der Waals surface area contributed by atoms with E-state index in [1.807, 2.05) is 48.5 Å². The van der Waals surface area contributed by atoms with E-state index in [1.165, 1.54) is 0 Å². The van der Waals surface area contributed by atoms with Gasteiger partial charge in [-0.15, -0.1) is 0 Å². The molecule has 158 valence electrons. The van der Waals surface area contributed by atoms with Gasteiger partial charge in [0.15, 0.2) is 11.9 Å². The quantitative estimate of drug-likeness (QED) is 0.526. The summed E-state index contributed by atoms with van der Waals surface area (Å²) in [5.74, 6) is -4.06. The van der Waals surface area contributed by atoms with Crippen molar-refractivity contribution in [2.75, 3.05) is 6.61 Å². The van der Waals surface area contributed by atoms with Crippen molar-refractivity contribution in [3.63, 3.8) is 0 Å². The number of carboxylic acid groups (broad SMARTS) is 1. The number of halogens is 3. The average molecular weight is 444 g/mol. The van der Waals surface area contributed by atoms with Gasteiger partial charge >= 0.3 is 12.1 Å². The molecule has 3 aromatic rings. The number of hydrogen-bond acceptors (Lipinski definition) is 3. The number of carbonyl (C=O) groups is 2. The van der Waals surface area contributed by atoms with Gasteiger partial charge in [0.25, 0.3) is 0 Å². The van der Waals surface area contributed by atoms with Gasteiger partial charge in [-0.2, -0.15) is 0 Å². The lowest BCUT2D eigenvalue weighted by atomic mass is 9.98. The molecule has 1 amide bonds. The van der Waals surface area contributed by atoms with Crippen molar-refractivity contribution in [2.24, 2.45) is 0 Å². The number of aliphatic carboxylic acids is 1. The Morgan fingerprint density at radius 2 is 1.58 bits per heavy atom. The van der Waals surface area contributed by atoms with Gasteiger partial charge in [-0.3, -0.25) is 0 Å². The molecule has 0 saturated heterocycles. The van der Waals surface area contributed by atoms with Crippen LogP contribution in [0.4, 0.5) is 13.6 Å². The van der Waals surface area contributed by atoms with Crippen LogP contribution < -0.4 is 5.32 Å². The van der Waals surface area contributed by atoms with E-state index >= 15 is 0 Å². The van der Waals surface area contributed by atoms with Crippen LogP contribution in [0.25, 0.3) is 11.1 Å². The Hall–Kier alpha value is -3.45. The first-order valence-electron chi connectivity index (χ1n) is 9.36. The van der Waals surface area contributed by atoms with Gasteiger partial charge in [-0.25, -0.2) is 18.4 Å². The monoisotopic (exact) mass is 443 g/mol. The summed E-state index contributed by atoms with van der Waals surface area (Å²) in [6, 6.07) is 15.4. The predicted molar refractivity (Wildman–Crippen MR) is 110 cm³/mol. The molecule has 1 unspecified atom stereocenters. The van der Waals surface area contributed by atoms with E-state index in [0.717, 1.165) is 34.4 Å². The highest BCUT2D eigenvalue weighted by molar-refractivity contribution is 6.31. The lowest BCUT2D eigenvalue weighted by Gasteiger charge is -2.18. The number of benzene rings is 3. The molecule has 1 atom stereocenters. The van der Waals surface area contributed by atoms with Crippen LogP contribution in [0.2, 0.25) is 5.02 Å². The Balaban J connectivity index is 1.51. The van der Waals surface area contributed by atoms with Crippen LogP contribution in [0.3, 0.4) is 0 Å². The smallest absolute Gasteiger partial charge is 0.408 e. The molecule has 0 radical (unpaired) electrons. The van der Waals surface area contributed by atoms with Gasteiger partial charge in [0.05, 0.1) is 0 Å². The molecule has 5 nitrogen and oxygen atoms in total. The molecule has 4 rings (SSSR count). The van der Waals surface area contributed by atoms with Crippen molar-refractivity contribution in [3.8, 4) is 11.1 Å².